The smallest absolute Gasteiger partial charge is 0.271 e. The summed E-state index contributed by atoms with van der Waals surface area (Å²) in [7, 11) is 0.0753. The van der Waals surface area contributed by atoms with Crippen LogP contribution in [0.3, 0.4) is 0 Å². The summed E-state index contributed by atoms with van der Waals surface area (Å²) in [6.07, 6.45) is 0.682. The fourth-order valence-electron chi connectivity index (χ4n) is 3.49. The Morgan fingerprint density at radius 2 is 1.77 bits per heavy atom. The van der Waals surface area contributed by atoms with Crippen molar-refractivity contribution in [2.24, 2.45) is 0 Å². The van der Waals surface area contributed by atoms with E-state index in [1.54, 1.807) is 6.07 Å². The first kappa shape index (κ1) is 18.1. The zero-order chi connectivity index (χ0) is 18.8. The van der Waals surface area contributed by atoms with E-state index in [4.69, 9.17) is 34.8 Å². The van der Waals surface area contributed by atoms with Gasteiger partial charge in [-0.1, -0.05) is 53.0 Å². The van der Waals surface area contributed by atoms with Gasteiger partial charge in [-0.3, -0.25) is 0 Å². The van der Waals surface area contributed by atoms with E-state index in [-0.39, 0.29) is 20.0 Å². The number of benzene rings is 2. The Morgan fingerprint density at radius 3 is 2.46 bits per heavy atom. The summed E-state index contributed by atoms with van der Waals surface area (Å²) in [6, 6.07) is 8.96. The van der Waals surface area contributed by atoms with E-state index in [2.05, 4.69) is 4.90 Å². The van der Waals surface area contributed by atoms with Crippen molar-refractivity contribution in [1.82, 2.24) is 8.87 Å². The van der Waals surface area contributed by atoms with Crippen LogP contribution in [-0.4, -0.2) is 37.9 Å². The Kier molecular flexibility index (Phi) is 4.29. The van der Waals surface area contributed by atoms with Gasteiger partial charge in [-0.15, -0.1) is 0 Å². The Balaban J connectivity index is 2.17. The Labute approximate surface area is 166 Å². The van der Waals surface area contributed by atoms with Crippen LogP contribution < -0.4 is 0 Å². The van der Waals surface area contributed by atoms with E-state index in [1.165, 1.54) is 10.0 Å². The molecule has 0 aliphatic carbocycles. The monoisotopic (exact) mass is 428 g/mol. The van der Waals surface area contributed by atoms with Crippen molar-refractivity contribution in [3.63, 3.8) is 0 Å². The third-order valence-electron chi connectivity index (χ3n) is 4.61. The highest BCUT2D eigenvalue weighted by atomic mass is 35.5. The average molecular weight is 430 g/mol. The van der Waals surface area contributed by atoms with Gasteiger partial charge in [0, 0.05) is 17.5 Å². The minimum absolute atomic E-state index is 0.0106. The second-order valence-electron chi connectivity index (χ2n) is 6.53. The van der Waals surface area contributed by atoms with Crippen molar-refractivity contribution < 1.29 is 8.42 Å². The first-order valence-corrected chi connectivity index (χ1v) is 10.5. The normalized spacial score (nSPS) is 14.8. The van der Waals surface area contributed by atoms with Crippen LogP contribution in [0.15, 0.2) is 35.2 Å². The summed E-state index contributed by atoms with van der Waals surface area (Å²) in [5.41, 5.74) is 2.59. The maximum absolute atomic E-state index is 13.3. The molecule has 2 aromatic carbocycles. The Hall–Kier alpha value is -1.24. The molecular formula is C18H15Cl3N2O2S. The number of hydrogen-bond acceptors (Lipinski definition) is 3. The minimum atomic E-state index is -3.88. The van der Waals surface area contributed by atoms with E-state index in [9.17, 15) is 8.42 Å². The SMILES string of the molecule is CN(C)CCc1c2n(c3ccccc13)S(=O)(=O)c1c(Cl)c(Cl)cc(Cl)c1-2. The van der Waals surface area contributed by atoms with Crippen LogP contribution >= 0.6 is 34.8 Å². The molecule has 1 aliphatic rings. The summed E-state index contributed by atoms with van der Waals surface area (Å²) in [5.74, 6) is 0. The largest absolute Gasteiger partial charge is 0.309 e. The van der Waals surface area contributed by atoms with Crippen LogP contribution in [0, 0.1) is 0 Å². The third-order valence-corrected chi connectivity index (χ3v) is 7.59. The van der Waals surface area contributed by atoms with Crippen molar-refractivity contribution in [3.8, 4) is 11.3 Å². The number of para-hydroxylation sites is 1. The second-order valence-corrected chi connectivity index (χ2v) is 9.44. The Bertz CT molecular complexity index is 1170. The molecule has 4 nitrogen and oxygen atoms in total. The number of hydrogen-bond donors (Lipinski definition) is 0. The van der Waals surface area contributed by atoms with Gasteiger partial charge in [0.1, 0.15) is 4.90 Å². The summed E-state index contributed by atoms with van der Waals surface area (Å²) in [4.78, 5) is 2.04. The molecule has 3 aromatic rings. The third kappa shape index (κ3) is 2.42. The number of halogens is 3. The molecule has 1 aliphatic heterocycles. The number of likely N-dealkylation sites (N-methyl/N-ethyl adjacent to an activating group) is 1. The molecule has 1 aromatic heterocycles. The van der Waals surface area contributed by atoms with Crippen molar-refractivity contribution in [3.05, 3.63) is 51.0 Å². The van der Waals surface area contributed by atoms with Gasteiger partial charge in [0.05, 0.1) is 26.3 Å². The molecule has 0 atom stereocenters. The first-order chi connectivity index (χ1) is 12.2. The highest BCUT2D eigenvalue weighted by Gasteiger charge is 2.41. The number of rotatable bonds is 3. The summed E-state index contributed by atoms with van der Waals surface area (Å²) in [6.45, 7) is 0.773. The van der Waals surface area contributed by atoms with Crippen LogP contribution in [0.2, 0.25) is 15.1 Å². The predicted octanol–water partition coefficient (Wildman–Crippen LogP) is 4.92. The fourth-order valence-corrected chi connectivity index (χ4v) is 6.44. The van der Waals surface area contributed by atoms with Crippen molar-refractivity contribution in [2.75, 3.05) is 20.6 Å². The Morgan fingerprint density at radius 1 is 1.08 bits per heavy atom. The van der Waals surface area contributed by atoms with Gasteiger partial charge in [-0.25, -0.2) is 12.4 Å². The van der Waals surface area contributed by atoms with Crippen molar-refractivity contribution >= 4 is 55.7 Å². The first-order valence-electron chi connectivity index (χ1n) is 7.95. The summed E-state index contributed by atoms with van der Waals surface area (Å²) >= 11 is 18.8. The molecule has 0 bridgehead atoms. The van der Waals surface area contributed by atoms with Gasteiger partial charge >= 0.3 is 0 Å². The van der Waals surface area contributed by atoms with E-state index in [0.29, 0.717) is 23.2 Å². The van der Waals surface area contributed by atoms with Crippen molar-refractivity contribution in [1.29, 1.82) is 0 Å². The maximum Gasteiger partial charge on any atom is 0.271 e. The lowest BCUT2D eigenvalue weighted by atomic mass is 10.0. The molecule has 0 saturated carbocycles. The molecule has 2 heterocycles. The van der Waals surface area contributed by atoms with Gasteiger partial charge in [0.15, 0.2) is 0 Å². The minimum Gasteiger partial charge on any atom is -0.309 e. The molecule has 8 heteroatoms. The zero-order valence-corrected chi connectivity index (χ0v) is 17.1. The maximum atomic E-state index is 13.3. The highest BCUT2D eigenvalue weighted by Crippen LogP contribution is 2.52. The molecule has 136 valence electrons. The highest BCUT2D eigenvalue weighted by molar-refractivity contribution is 7.90. The van der Waals surface area contributed by atoms with Crippen LogP contribution in [0.25, 0.3) is 22.2 Å². The van der Waals surface area contributed by atoms with E-state index < -0.39 is 10.0 Å². The lowest BCUT2D eigenvalue weighted by molar-refractivity contribution is 0.414. The molecule has 0 amide bonds. The van der Waals surface area contributed by atoms with Gasteiger partial charge < -0.3 is 4.90 Å². The predicted molar refractivity (Wildman–Crippen MR) is 107 cm³/mol. The fraction of sp³-hybridized carbons (Fsp3) is 0.222. The average Bonchev–Trinajstić information content (AvgIpc) is 3.02. The summed E-state index contributed by atoms with van der Waals surface area (Å²) < 4.78 is 28.0. The number of fused-ring (bicyclic) bond motifs is 5. The van der Waals surface area contributed by atoms with E-state index in [1.807, 2.05) is 32.3 Å². The van der Waals surface area contributed by atoms with Gasteiger partial charge in [-0.05, 0) is 38.2 Å². The zero-order valence-electron chi connectivity index (χ0n) is 14.1. The summed E-state index contributed by atoms with van der Waals surface area (Å²) in [5, 5.41) is 1.33. The molecule has 4 rings (SSSR count). The lowest BCUT2D eigenvalue weighted by Gasteiger charge is -2.11. The molecule has 0 fully saturated rings. The molecule has 0 unspecified atom stereocenters. The lowest BCUT2D eigenvalue weighted by Crippen LogP contribution is -2.15. The topological polar surface area (TPSA) is 42.3 Å². The standard InChI is InChI=1S/C18H15Cl3N2O2S/c1-22(2)8-7-11-10-5-3-4-6-14(10)23-17(11)15-12(19)9-13(20)16(21)18(15)26(23,24)25/h3-6,9H,7-8H2,1-2H3. The van der Waals surface area contributed by atoms with Crippen molar-refractivity contribution in [2.45, 2.75) is 11.3 Å². The van der Waals surface area contributed by atoms with E-state index >= 15 is 0 Å². The van der Waals surface area contributed by atoms with E-state index in [0.717, 1.165) is 17.5 Å². The van der Waals surface area contributed by atoms with Crippen LogP contribution in [-0.2, 0) is 16.4 Å². The molecule has 0 saturated heterocycles. The number of aromatic nitrogens is 1. The van der Waals surface area contributed by atoms with Crippen LogP contribution in [0.1, 0.15) is 5.56 Å². The van der Waals surface area contributed by atoms with Gasteiger partial charge in [0.25, 0.3) is 10.0 Å². The van der Waals surface area contributed by atoms with Crippen LogP contribution in [0.5, 0.6) is 0 Å². The van der Waals surface area contributed by atoms with Crippen LogP contribution in [0.4, 0.5) is 0 Å². The number of nitrogens with zero attached hydrogens (tertiary/aromatic N) is 2. The molecule has 0 spiro atoms. The molecule has 0 radical (unpaired) electrons. The quantitative estimate of drug-likeness (QED) is 0.434. The van der Waals surface area contributed by atoms with Gasteiger partial charge in [-0.2, -0.15) is 0 Å². The molecule has 0 N–H and O–H groups in total. The molecule has 26 heavy (non-hydrogen) atoms. The second kappa shape index (κ2) is 6.14. The molecular weight excluding hydrogens is 415 g/mol. The van der Waals surface area contributed by atoms with Gasteiger partial charge in [0.2, 0.25) is 0 Å².